The number of hydrogen-bond acceptors (Lipinski definition) is 4. The molecule has 3 rings (SSSR count). The van der Waals surface area contributed by atoms with Crippen molar-refractivity contribution in [1.82, 2.24) is 14.5 Å². The Morgan fingerprint density at radius 1 is 1.42 bits per heavy atom. The summed E-state index contributed by atoms with van der Waals surface area (Å²) < 4.78 is 1.45. The first-order valence-corrected chi connectivity index (χ1v) is 8.97. The summed E-state index contributed by atoms with van der Waals surface area (Å²) >= 11 is 0. The van der Waals surface area contributed by atoms with Gasteiger partial charge in [0, 0.05) is 56.2 Å². The zero-order chi connectivity index (χ0) is 18.7. The van der Waals surface area contributed by atoms with Crippen LogP contribution in [0.25, 0.3) is 10.9 Å². The van der Waals surface area contributed by atoms with Gasteiger partial charge >= 0.3 is 0 Å². The molecule has 0 unspecified atom stereocenters. The summed E-state index contributed by atoms with van der Waals surface area (Å²) in [6.45, 7) is 3.34. The summed E-state index contributed by atoms with van der Waals surface area (Å²) in [6.07, 6.45) is 9.29. The number of aromatic amines is 1. The SMILES string of the molecule is CCC=N/C(=C\N)C1CCN(C(=O)c2cn(C)c(=O)c3[nH]ccc23)CC1. The lowest BCUT2D eigenvalue weighted by Gasteiger charge is -2.32. The first-order valence-electron chi connectivity index (χ1n) is 8.97. The Balaban J connectivity index is 1.78. The number of aromatic nitrogens is 2. The number of aryl methyl sites for hydroxylation is 1. The van der Waals surface area contributed by atoms with Gasteiger partial charge in [-0.2, -0.15) is 0 Å². The van der Waals surface area contributed by atoms with Gasteiger partial charge in [0.1, 0.15) is 5.52 Å². The van der Waals surface area contributed by atoms with Crippen molar-refractivity contribution in [3.05, 3.63) is 46.3 Å². The topological polar surface area (TPSA) is 96.5 Å². The number of pyridine rings is 1. The van der Waals surface area contributed by atoms with E-state index in [1.165, 1.54) is 4.57 Å². The van der Waals surface area contributed by atoms with E-state index in [-0.39, 0.29) is 17.4 Å². The second-order valence-corrected chi connectivity index (χ2v) is 6.60. The molecule has 7 nitrogen and oxygen atoms in total. The van der Waals surface area contributed by atoms with Gasteiger partial charge in [0.2, 0.25) is 0 Å². The van der Waals surface area contributed by atoms with E-state index in [1.807, 2.05) is 18.0 Å². The fourth-order valence-corrected chi connectivity index (χ4v) is 3.47. The average molecular weight is 355 g/mol. The van der Waals surface area contributed by atoms with Gasteiger partial charge in [0.25, 0.3) is 11.5 Å². The van der Waals surface area contributed by atoms with Gasteiger partial charge in [-0.1, -0.05) is 6.92 Å². The molecule has 0 radical (unpaired) electrons. The summed E-state index contributed by atoms with van der Waals surface area (Å²) in [5.74, 6) is 0.234. The standard InChI is InChI=1S/C19H25N5O2/c1-3-7-21-16(11-20)13-5-9-24(10-6-13)18(25)15-12-23(2)19(26)17-14(15)4-8-22-17/h4,7-8,11-13,22H,3,5-6,9-10,20H2,1-2H3/b16-11-,21-7?. The monoisotopic (exact) mass is 355 g/mol. The Morgan fingerprint density at radius 2 is 2.15 bits per heavy atom. The molecule has 0 spiro atoms. The number of nitrogens with zero attached hydrogens (tertiary/aromatic N) is 3. The van der Waals surface area contributed by atoms with Crippen molar-refractivity contribution < 1.29 is 4.79 Å². The second-order valence-electron chi connectivity index (χ2n) is 6.60. The molecule has 26 heavy (non-hydrogen) atoms. The number of H-pyrrole nitrogens is 1. The molecule has 0 saturated carbocycles. The fraction of sp³-hybridized carbons (Fsp3) is 0.421. The minimum absolute atomic E-state index is 0.0426. The van der Waals surface area contributed by atoms with Crippen LogP contribution in [0.3, 0.4) is 0 Å². The summed E-state index contributed by atoms with van der Waals surface area (Å²) in [6, 6.07) is 1.78. The maximum absolute atomic E-state index is 13.0. The van der Waals surface area contributed by atoms with E-state index in [0.717, 1.165) is 25.0 Å². The van der Waals surface area contributed by atoms with Crippen LogP contribution in [0.5, 0.6) is 0 Å². The van der Waals surface area contributed by atoms with Crippen LogP contribution in [0.15, 0.2) is 40.1 Å². The van der Waals surface area contributed by atoms with Gasteiger partial charge in [-0.05, 0) is 25.3 Å². The Morgan fingerprint density at radius 3 is 2.81 bits per heavy atom. The Labute approximate surface area is 152 Å². The van der Waals surface area contributed by atoms with Crippen LogP contribution in [0.2, 0.25) is 0 Å². The molecule has 3 heterocycles. The van der Waals surface area contributed by atoms with E-state index in [9.17, 15) is 9.59 Å². The smallest absolute Gasteiger partial charge is 0.274 e. The molecule has 138 valence electrons. The van der Waals surface area contributed by atoms with Gasteiger partial charge in [0.05, 0.1) is 11.3 Å². The average Bonchev–Trinajstić information content (AvgIpc) is 3.15. The molecule has 1 aliphatic rings. The number of carbonyl (C=O) groups is 1. The number of fused-ring (bicyclic) bond motifs is 1. The molecule has 0 aliphatic carbocycles. The lowest BCUT2D eigenvalue weighted by atomic mass is 9.93. The lowest BCUT2D eigenvalue weighted by molar-refractivity contribution is 0.0703. The minimum atomic E-state index is -0.133. The molecule has 3 N–H and O–H groups in total. The lowest BCUT2D eigenvalue weighted by Crippen LogP contribution is -2.39. The number of likely N-dealkylation sites (tertiary alicyclic amines) is 1. The molecule has 7 heteroatoms. The van der Waals surface area contributed by atoms with E-state index in [0.29, 0.717) is 29.6 Å². The van der Waals surface area contributed by atoms with Crippen molar-refractivity contribution in [3.8, 4) is 0 Å². The summed E-state index contributed by atoms with van der Waals surface area (Å²) in [7, 11) is 1.66. The maximum Gasteiger partial charge on any atom is 0.274 e. The van der Waals surface area contributed by atoms with Gasteiger partial charge in [0.15, 0.2) is 0 Å². The van der Waals surface area contributed by atoms with Crippen molar-refractivity contribution >= 4 is 23.0 Å². The quantitative estimate of drug-likeness (QED) is 0.821. The molecule has 0 bridgehead atoms. The van der Waals surface area contributed by atoms with Gasteiger partial charge in [-0.25, -0.2) is 0 Å². The molecule has 1 amide bonds. The molecule has 2 aromatic rings. The van der Waals surface area contributed by atoms with E-state index in [2.05, 4.69) is 9.98 Å². The Kier molecular flexibility index (Phi) is 5.25. The maximum atomic E-state index is 13.0. The number of piperidine rings is 1. The Hall–Kier alpha value is -2.83. The Bertz CT molecular complexity index is 914. The summed E-state index contributed by atoms with van der Waals surface area (Å²) in [5, 5.41) is 0.676. The van der Waals surface area contributed by atoms with E-state index >= 15 is 0 Å². The third kappa shape index (κ3) is 3.29. The number of rotatable bonds is 4. The number of hydrogen-bond donors (Lipinski definition) is 2. The van der Waals surface area contributed by atoms with E-state index in [4.69, 9.17) is 5.73 Å². The molecule has 1 fully saturated rings. The molecule has 1 saturated heterocycles. The highest BCUT2D eigenvalue weighted by molar-refractivity contribution is 6.05. The van der Waals surface area contributed by atoms with Crippen LogP contribution < -0.4 is 11.3 Å². The number of allylic oxidation sites excluding steroid dienone is 1. The van der Waals surface area contributed by atoms with Crippen molar-refractivity contribution in [2.24, 2.45) is 23.7 Å². The highest BCUT2D eigenvalue weighted by Crippen LogP contribution is 2.26. The first-order chi connectivity index (χ1) is 12.6. The summed E-state index contributed by atoms with van der Waals surface area (Å²) in [4.78, 5) is 34.4. The van der Waals surface area contributed by atoms with Crippen molar-refractivity contribution in [1.29, 1.82) is 0 Å². The number of aliphatic imine (C=N–C) groups is 1. The number of amides is 1. The summed E-state index contributed by atoms with van der Waals surface area (Å²) in [5.41, 5.74) is 7.51. The number of nitrogens with two attached hydrogens (primary N) is 1. The van der Waals surface area contributed by atoms with Crippen molar-refractivity contribution in [3.63, 3.8) is 0 Å². The molecule has 1 aliphatic heterocycles. The predicted octanol–water partition coefficient (Wildman–Crippen LogP) is 2.00. The third-order valence-electron chi connectivity index (χ3n) is 4.92. The number of carbonyl (C=O) groups excluding carboxylic acids is 1. The molecular formula is C19H25N5O2. The normalized spacial score (nSPS) is 16.7. The van der Waals surface area contributed by atoms with Crippen molar-refractivity contribution in [2.45, 2.75) is 26.2 Å². The first kappa shape index (κ1) is 18.0. The predicted molar refractivity (Wildman–Crippen MR) is 103 cm³/mol. The second kappa shape index (κ2) is 7.59. The minimum Gasteiger partial charge on any atom is -0.403 e. The van der Waals surface area contributed by atoms with Crippen LogP contribution in [-0.4, -0.2) is 39.7 Å². The van der Waals surface area contributed by atoms with Crippen LogP contribution in [0, 0.1) is 5.92 Å². The molecule has 0 atom stereocenters. The molecule has 0 aromatic carbocycles. The zero-order valence-corrected chi connectivity index (χ0v) is 15.2. The molecular weight excluding hydrogens is 330 g/mol. The highest BCUT2D eigenvalue weighted by Gasteiger charge is 2.27. The number of nitrogens with one attached hydrogen (secondary N) is 1. The zero-order valence-electron chi connectivity index (χ0n) is 15.2. The van der Waals surface area contributed by atoms with Crippen molar-refractivity contribution in [2.75, 3.05) is 13.1 Å². The van der Waals surface area contributed by atoms with E-state index < -0.39 is 0 Å². The van der Waals surface area contributed by atoms with Crippen LogP contribution in [0.1, 0.15) is 36.5 Å². The van der Waals surface area contributed by atoms with Gasteiger partial charge < -0.3 is 20.2 Å². The van der Waals surface area contributed by atoms with Gasteiger partial charge in [-0.3, -0.25) is 14.6 Å². The third-order valence-corrected chi connectivity index (χ3v) is 4.92. The highest BCUT2D eigenvalue weighted by atomic mass is 16.2. The largest absolute Gasteiger partial charge is 0.403 e. The van der Waals surface area contributed by atoms with Crippen LogP contribution in [0.4, 0.5) is 0 Å². The van der Waals surface area contributed by atoms with E-state index in [1.54, 1.807) is 31.7 Å². The van der Waals surface area contributed by atoms with Crippen LogP contribution in [-0.2, 0) is 7.05 Å². The molecule has 2 aromatic heterocycles. The van der Waals surface area contributed by atoms with Crippen LogP contribution >= 0.6 is 0 Å². The fourth-order valence-electron chi connectivity index (χ4n) is 3.47. The van der Waals surface area contributed by atoms with Gasteiger partial charge in [-0.15, -0.1) is 0 Å².